The largest absolute Gasteiger partial charge is 0.489 e. The predicted octanol–water partition coefficient (Wildman–Crippen LogP) is 2.69. The molecule has 1 N–H and O–H groups in total. The first-order valence-corrected chi connectivity index (χ1v) is 10.2. The Hall–Kier alpha value is -2.34. The highest BCUT2D eigenvalue weighted by Crippen LogP contribution is 2.32. The molecule has 4 rings (SSSR count). The lowest BCUT2D eigenvalue weighted by Crippen LogP contribution is -2.49. The summed E-state index contributed by atoms with van der Waals surface area (Å²) in [5.74, 6) is 0.608. The summed E-state index contributed by atoms with van der Waals surface area (Å²) in [4.78, 5) is 29.1. The first-order chi connectivity index (χ1) is 13.4. The number of carbonyl (C=O) groups is 2. The van der Waals surface area contributed by atoms with Crippen LogP contribution in [0.25, 0.3) is 0 Å². The summed E-state index contributed by atoms with van der Waals surface area (Å²) in [6, 6.07) is 5.71. The summed E-state index contributed by atoms with van der Waals surface area (Å²) in [5, 5.41) is 2.78. The molecule has 0 radical (unpaired) electrons. The highest BCUT2D eigenvalue weighted by atomic mass is 16.5. The van der Waals surface area contributed by atoms with Gasteiger partial charge in [0.15, 0.2) is 0 Å². The van der Waals surface area contributed by atoms with Gasteiger partial charge < -0.3 is 19.9 Å². The molecule has 2 fully saturated rings. The molecule has 0 spiro atoms. The van der Waals surface area contributed by atoms with E-state index in [2.05, 4.69) is 30.9 Å². The van der Waals surface area contributed by atoms with Gasteiger partial charge in [0.1, 0.15) is 17.9 Å². The molecule has 1 saturated carbocycles. The summed E-state index contributed by atoms with van der Waals surface area (Å²) >= 11 is 0. The molecule has 6 heteroatoms. The van der Waals surface area contributed by atoms with Crippen LogP contribution in [0, 0.1) is 0 Å². The van der Waals surface area contributed by atoms with Crippen LogP contribution in [0.15, 0.2) is 30.5 Å². The van der Waals surface area contributed by atoms with E-state index in [1.807, 2.05) is 18.2 Å². The molecule has 1 unspecified atom stereocenters. The lowest BCUT2D eigenvalue weighted by Gasteiger charge is -2.36. The van der Waals surface area contributed by atoms with Crippen molar-refractivity contribution in [2.75, 3.05) is 14.1 Å². The van der Waals surface area contributed by atoms with E-state index in [1.165, 1.54) is 12.8 Å². The van der Waals surface area contributed by atoms with Gasteiger partial charge in [-0.05, 0) is 70.0 Å². The lowest BCUT2D eigenvalue weighted by molar-refractivity contribution is -0.126. The van der Waals surface area contributed by atoms with Crippen LogP contribution < -0.4 is 10.1 Å². The fourth-order valence-electron chi connectivity index (χ4n) is 4.68. The van der Waals surface area contributed by atoms with Crippen molar-refractivity contribution in [3.63, 3.8) is 0 Å². The van der Waals surface area contributed by atoms with E-state index >= 15 is 0 Å². The van der Waals surface area contributed by atoms with Gasteiger partial charge in [-0.25, -0.2) is 0 Å². The topological polar surface area (TPSA) is 61.9 Å². The smallest absolute Gasteiger partial charge is 0.255 e. The maximum Gasteiger partial charge on any atom is 0.255 e. The van der Waals surface area contributed by atoms with Crippen LogP contribution in [0.5, 0.6) is 5.75 Å². The number of carbonyl (C=O) groups excluding carboxylic acids is 2. The van der Waals surface area contributed by atoms with Gasteiger partial charge in [-0.15, -0.1) is 0 Å². The number of likely N-dealkylation sites (N-methyl/N-ethyl adjacent to an activating group) is 1. The zero-order valence-electron chi connectivity index (χ0n) is 16.7. The summed E-state index contributed by atoms with van der Waals surface area (Å²) in [6.07, 6.45) is 6.14. The number of ether oxygens (including phenoxy) is 1. The van der Waals surface area contributed by atoms with E-state index in [9.17, 15) is 9.59 Å². The van der Waals surface area contributed by atoms with Crippen LogP contribution in [0.3, 0.4) is 0 Å². The highest BCUT2D eigenvalue weighted by molar-refractivity contribution is 6.01. The minimum Gasteiger partial charge on any atom is -0.489 e. The molecule has 2 heterocycles. The van der Waals surface area contributed by atoms with Gasteiger partial charge in [-0.2, -0.15) is 0 Å². The van der Waals surface area contributed by atoms with Crippen LogP contribution in [-0.2, 0) is 11.3 Å². The maximum absolute atomic E-state index is 12.8. The molecule has 0 aromatic heterocycles. The molecule has 1 aromatic carbocycles. The van der Waals surface area contributed by atoms with Gasteiger partial charge in [0.05, 0.1) is 0 Å². The molecule has 2 aliphatic heterocycles. The average Bonchev–Trinajstić information content (AvgIpc) is 2.98. The molecule has 6 nitrogen and oxygen atoms in total. The Kier molecular flexibility index (Phi) is 5.15. The van der Waals surface area contributed by atoms with E-state index in [0.717, 1.165) is 29.9 Å². The van der Waals surface area contributed by atoms with Gasteiger partial charge in [0.25, 0.3) is 5.91 Å². The van der Waals surface area contributed by atoms with Crippen molar-refractivity contribution in [1.82, 2.24) is 15.1 Å². The summed E-state index contributed by atoms with van der Waals surface area (Å²) in [5.41, 5.74) is 2.35. The Morgan fingerprint density at radius 3 is 2.71 bits per heavy atom. The fourth-order valence-corrected chi connectivity index (χ4v) is 4.68. The number of amides is 2. The van der Waals surface area contributed by atoms with Gasteiger partial charge in [0.2, 0.25) is 5.91 Å². The first kappa shape index (κ1) is 19.0. The van der Waals surface area contributed by atoms with Gasteiger partial charge >= 0.3 is 0 Å². The second-order valence-electron chi connectivity index (χ2n) is 8.37. The van der Waals surface area contributed by atoms with Crippen LogP contribution in [-0.4, -0.2) is 53.9 Å². The number of rotatable bonds is 4. The second-order valence-corrected chi connectivity index (χ2v) is 8.37. The summed E-state index contributed by atoms with van der Waals surface area (Å²) in [6.45, 7) is 4.27. The van der Waals surface area contributed by atoms with Crippen molar-refractivity contribution < 1.29 is 14.3 Å². The molecule has 1 aromatic rings. The monoisotopic (exact) mass is 383 g/mol. The van der Waals surface area contributed by atoms with Gasteiger partial charge in [-0.3, -0.25) is 9.59 Å². The van der Waals surface area contributed by atoms with E-state index in [1.54, 1.807) is 4.90 Å². The predicted molar refractivity (Wildman–Crippen MR) is 107 cm³/mol. The van der Waals surface area contributed by atoms with Crippen LogP contribution in [0.1, 0.15) is 54.4 Å². The minimum atomic E-state index is -0.425. The van der Waals surface area contributed by atoms with Crippen molar-refractivity contribution in [1.29, 1.82) is 0 Å². The Bertz CT molecular complexity index is 804. The minimum absolute atomic E-state index is 0.0713. The van der Waals surface area contributed by atoms with Crippen LogP contribution >= 0.6 is 0 Å². The SMILES string of the molecule is C=C1CCC(N2Cc3cc(O[C@@H]4CCCC[C@@H]4N(C)C)ccc3C2=O)C(=O)N1. The van der Waals surface area contributed by atoms with E-state index in [4.69, 9.17) is 4.74 Å². The molecule has 3 aliphatic rings. The molecule has 150 valence electrons. The Morgan fingerprint density at radius 1 is 1.18 bits per heavy atom. The Morgan fingerprint density at radius 2 is 1.96 bits per heavy atom. The molecule has 1 aliphatic carbocycles. The third-order valence-electron chi connectivity index (χ3n) is 6.23. The molecule has 28 heavy (non-hydrogen) atoms. The van der Waals surface area contributed by atoms with Gasteiger partial charge in [-0.1, -0.05) is 13.0 Å². The number of benzene rings is 1. The number of piperidine rings is 1. The maximum atomic E-state index is 12.8. The second kappa shape index (κ2) is 7.59. The summed E-state index contributed by atoms with van der Waals surface area (Å²) in [7, 11) is 4.21. The zero-order chi connectivity index (χ0) is 19.8. The van der Waals surface area contributed by atoms with Gasteiger partial charge in [0, 0.05) is 23.8 Å². The molecule has 3 atom stereocenters. The number of hydrogen-bond acceptors (Lipinski definition) is 4. The van der Waals surface area contributed by atoms with Crippen LogP contribution in [0.2, 0.25) is 0 Å². The first-order valence-electron chi connectivity index (χ1n) is 10.2. The molecular formula is C22H29N3O3. The van der Waals surface area contributed by atoms with Crippen molar-refractivity contribution >= 4 is 11.8 Å². The normalized spacial score (nSPS) is 27.8. The quantitative estimate of drug-likeness (QED) is 0.868. The average molecular weight is 383 g/mol. The number of hydrogen-bond donors (Lipinski definition) is 1. The van der Waals surface area contributed by atoms with E-state index in [-0.39, 0.29) is 17.9 Å². The van der Waals surface area contributed by atoms with E-state index < -0.39 is 6.04 Å². The number of allylic oxidation sites excluding steroid dienone is 1. The zero-order valence-corrected chi connectivity index (χ0v) is 16.7. The Balaban J connectivity index is 1.49. The summed E-state index contributed by atoms with van der Waals surface area (Å²) < 4.78 is 6.34. The number of fused-ring (bicyclic) bond motifs is 1. The van der Waals surface area contributed by atoms with E-state index in [0.29, 0.717) is 31.0 Å². The third kappa shape index (κ3) is 3.53. The van der Waals surface area contributed by atoms with Crippen molar-refractivity contribution in [2.45, 2.75) is 63.3 Å². The Labute approximate surface area is 166 Å². The van der Waals surface area contributed by atoms with Crippen molar-refractivity contribution in [2.24, 2.45) is 0 Å². The molecule has 1 saturated heterocycles. The lowest BCUT2D eigenvalue weighted by atomic mass is 9.91. The molecular weight excluding hydrogens is 354 g/mol. The number of nitrogens with zero attached hydrogens (tertiary/aromatic N) is 2. The fraction of sp³-hybridized carbons (Fsp3) is 0.545. The molecule has 2 amide bonds. The van der Waals surface area contributed by atoms with Crippen molar-refractivity contribution in [3.05, 3.63) is 41.6 Å². The standard InChI is InChI=1S/C22H29N3O3/c1-14-8-11-19(21(26)23-14)25-13-15-12-16(9-10-17(15)22(25)27)28-20-7-5-4-6-18(20)24(2)3/h9-10,12,18-20H,1,4-8,11,13H2,2-3H3,(H,23,26)/t18-,19?,20+/m0/s1. The van der Waals surface area contributed by atoms with Crippen LogP contribution in [0.4, 0.5) is 0 Å². The highest BCUT2D eigenvalue weighted by Gasteiger charge is 2.38. The van der Waals surface area contributed by atoms with Crippen molar-refractivity contribution in [3.8, 4) is 5.75 Å². The third-order valence-corrected chi connectivity index (χ3v) is 6.23. The number of nitrogens with one attached hydrogen (secondary N) is 1. The molecule has 0 bridgehead atoms.